The van der Waals surface area contributed by atoms with Gasteiger partial charge in [-0.05, 0) is 36.5 Å². The second-order valence-electron chi connectivity index (χ2n) is 5.11. The Kier molecular flexibility index (Phi) is 3.05. The lowest BCUT2D eigenvalue weighted by Gasteiger charge is -2.37. The number of rotatable bonds is 2. The van der Waals surface area contributed by atoms with Crippen molar-refractivity contribution in [2.24, 2.45) is 17.4 Å². The van der Waals surface area contributed by atoms with Crippen LogP contribution in [-0.4, -0.2) is 17.7 Å². The number of nitrogens with one attached hydrogen (secondary N) is 1. The molecule has 1 atom stereocenters. The Bertz CT molecular complexity index is 485. The number of carbonyl (C=O) groups excluding carboxylic acids is 1. The molecule has 1 aliphatic carbocycles. The van der Waals surface area contributed by atoms with Crippen LogP contribution in [0.3, 0.4) is 0 Å². The van der Waals surface area contributed by atoms with Crippen molar-refractivity contribution in [1.82, 2.24) is 0 Å². The van der Waals surface area contributed by atoms with Crippen molar-refractivity contribution in [3.8, 4) is 0 Å². The minimum Gasteiger partial charge on any atom is -0.328 e. The molecule has 1 aliphatic heterocycles. The third-order valence-corrected chi connectivity index (χ3v) is 4.81. The van der Waals surface area contributed by atoms with Crippen LogP contribution < -0.4 is 16.8 Å². The summed E-state index contributed by atoms with van der Waals surface area (Å²) in [4.78, 5) is 12.5. The fourth-order valence-electron chi connectivity index (χ4n) is 2.58. The van der Waals surface area contributed by atoms with Crippen LogP contribution in [0, 0.1) is 5.92 Å². The van der Waals surface area contributed by atoms with Crippen molar-refractivity contribution in [3.63, 3.8) is 0 Å². The Morgan fingerprint density at radius 1 is 1.39 bits per heavy atom. The number of amides is 1. The third kappa shape index (κ3) is 2.13. The molecular formula is C13H17N3OS. The van der Waals surface area contributed by atoms with Crippen molar-refractivity contribution < 1.29 is 4.79 Å². The molecule has 96 valence electrons. The predicted molar refractivity (Wildman–Crippen MR) is 73.4 cm³/mol. The lowest BCUT2D eigenvalue weighted by molar-refractivity contribution is -0.113. The fourth-order valence-corrected chi connectivity index (χ4v) is 3.37. The van der Waals surface area contributed by atoms with Gasteiger partial charge in [-0.2, -0.15) is 0 Å². The monoisotopic (exact) mass is 263 g/mol. The van der Waals surface area contributed by atoms with Gasteiger partial charge in [0.05, 0.1) is 11.4 Å². The maximum Gasteiger partial charge on any atom is 0.234 e. The normalized spacial score (nSPS) is 28.0. The highest BCUT2D eigenvalue weighted by molar-refractivity contribution is 8.00. The molecule has 0 saturated heterocycles. The van der Waals surface area contributed by atoms with Crippen molar-refractivity contribution in [1.29, 1.82) is 0 Å². The molecule has 0 radical (unpaired) electrons. The molecule has 0 bridgehead atoms. The highest BCUT2D eigenvalue weighted by Crippen LogP contribution is 2.38. The van der Waals surface area contributed by atoms with E-state index in [9.17, 15) is 4.79 Å². The van der Waals surface area contributed by atoms with Gasteiger partial charge in [0.2, 0.25) is 5.91 Å². The van der Waals surface area contributed by atoms with Gasteiger partial charge in [0.25, 0.3) is 0 Å². The van der Waals surface area contributed by atoms with Gasteiger partial charge in [0, 0.05) is 17.0 Å². The molecule has 1 aromatic carbocycles. The summed E-state index contributed by atoms with van der Waals surface area (Å²) < 4.78 is 0. The van der Waals surface area contributed by atoms with Crippen LogP contribution in [0.5, 0.6) is 0 Å². The van der Waals surface area contributed by atoms with Crippen LogP contribution >= 0.6 is 11.8 Å². The molecule has 18 heavy (non-hydrogen) atoms. The standard InChI is InChI=1S/C13H17N3OS/c14-9-3-8(4-9)13(15)7-1-2-11-10(5-7)16-12(17)6-18-11/h1-2,5,8-9,13H,3-4,6,14-15H2,(H,16,17). The molecule has 5 heteroatoms. The van der Waals surface area contributed by atoms with Crippen molar-refractivity contribution in [3.05, 3.63) is 23.8 Å². The fraction of sp³-hybridized carbons (Fsp3) is 0.462. The van der Waals surface area contributed by atoms with Crippen LogP contribution in [-0.2, 0) is 4.79 Å². The molecule has 0 spiro atoms. The number of carbonyl (C=O) groups is 1. The van der Waals surface area contributed by atoms with Crippen LogP contribution in [0.1, 0.15) is 24.4 Å². The second-order valence-corrected chi connectivity index (χ2v) is 6.13. The van der Waals surface area contributed by atoms with E-state index in [1.54, 1.807) is 11.8 Å². The van der Waals surface area contributed by atoms with E-state index in [2.05, 4.69) is 11.4 Å². The predicted octanol–water partition coefficient (Wildman–Crippen LogP) is 1.47. The first-order chi connectivity index (χ1) is 8.63. The Labute approximate surface area is 110 Å². The molecule has 4 nitrogen and oxygen atoms in total. The lowest BCUT2D eigenvalue weighted by atomic mass is 9.74. The van der Waals surface area contributed by atoms with Crippen LogP contribution in [0.4, 0.5) is 5.69 Å². The Morgan fingerprint density at radius 3 is 2.89 bits per heavy atom. The van der Waals surface area contributed by atoms with Gasteiger partial charge in [0.1, 0.15) is 0 Å². The highest BCUT2D eigenvalue weighted by Gasteiger charge is 2.32. The van der Waals surface area contributed by atoms with Crippen molar-refractivity contribution in [2.45, 2.75) is 29.8 Å². The maximum absolute atomic E-state index is 11.4. The number of benzene rings is 1. The number of hydrogen-bond acceptors (Lipinski definition) is 4. The number of nitrogens with two attached hydrogens (primary N) is 2. The third-order valence-electron chi connectivity index (χ3n) is 3.74. The summed E-state index contributed by atoms with van der Waals surface area (Å²) in [5.74, 6) is 1.03. The zero-order chi connectivity index (χ0) is 12.7. The highest BCUT2D eigenvalue weighted by atomic mass is 32.2. The summed E-state index contributed by atoms with van der Waals surface area (Å²) in [5, 5.41) is 2.90. The van der Waals surface area contributed by atoms with E-state index in [-0.39, 0.29) is 11.9 Å². The Hall–Kier alpha value is -1.04. The minimum absolute atomic E-state index is 0.0268. The summed E-state index contributed by atoms with van der Waals surface area (Å²) in [7, 11) is 0. The first kappa shape index (κ1) is 12.0. The first-order valence-corrected chi connectivity index (χ1v) is 7.20. The second kappa shape index (κ2) is 4.57. The zero-order valence-corrected chi connectivity index (χ0v) is 10.9. The zero-order valence-electron chi connectivity index (χ0n) is 10.1. The van der Waals surface area contributed by atoms with Gasteiger partial charge in [-0.1, -0.05) is 6.07 Å². The summed E-state index contributed by atoms with van der Waals surface area (Å²) in [6.07, 6.45) is 2.00. The lowest BCUT2D eigenvalue weighted by Crippen LogP contribution is -2.41. The van der Waals surface area contributed by atoms with Gasteiger partial charge >= 0.3 is 0 Å². The largest absolute Gasteiger partial charge is 0.328 e. The molecule has 5 N–H and O–H groups in total. The van der Waals surface area contributed by atoms with E-state index in [0.717, 1.165) is 29.0 Å². The SMILES string of the molecule is NC1CC(C(N)c2ccc3c(c2)NC(=O)CS3)C1. The molecule has 1 amide bonds. The van der Waals surface area contributed by atoms with E-state index in [1.165, 1.54) is 0 Å². The van der Waals surface area contributed by atoms with Gasteiger partial charge in [0.15, 0.2) is 0 Å². The van der Waals surface area contributed by atoms with Gasteiger partial charge in [-0.15, -0.1) is 11.8 Å². The number of anilines is 1. The molecule has 1 aromatic rings. The van der Waals surface area contributed by atoms with Gasteiger partial charge < -0.3 is 16.8 Å². The summed E-state index contributed by atoms with van der Waals surface area (Å²) in [5.41, 5.74) is 14.0. The van der Waals surface area contributed by atoms with E-state index in [4.69, 9.17) is 11.5 Å². The maximum atomic E-state index is 11.4. The van der Waals surface area contributed by atoms with Crippen molar-refractivity contribution in [2.75, 3.05) is 11.1 Å². The summed E-state index contributed by atoms with van der Waals surface area (Å²) in [6.45, 7) is 0. The molecular weight excluding hydrogens is 246 g/mol. The average Bonchev–Trinajstić information content (AvgIpc) is 2.33. The quantitative estimate of drug-likeness (QED) is 0.754. The van der Waals surface area contributed by atoms with Crippen LogP contribution in [0.25, 0.3) is 0 Å². The van der Waals surface area contributed by atoms with Crippen LogP contribution in [0.2, 0.25) is 0 Å². The minimum atomic E-state index is 0.0268. The molecule has 1 heterocycles. The molecule has 1 unspecified atom stereocenters. The summed E-state index contributed by atoms with van der Waals surface area (Å²) >= 11 is 1.57. The molecule has 2 aliphatic rings. The van der Waals surface area contributed by atoms with E-state index >= 15 is 0 Å². The number of hydrogen-bond donors (Lipinski definition) is 3. The molecule has 1 fully saturated rings. The average molecular weight is 263 g/mol. The molecule has 1 saturated carbocycles. The van der Waals surface area contributed by atoms with Crippen LogP contribution in [0.15, 0.2) is 23.1 Å². The number of fused-ring (bicyclic) bond motifs is 1. The first-order valence-electron chi connectivity index (χ1n) is 6.21. The summed E-state index contributed by atoms with van der Waals surface area (Å²) in [6, 6.07) is 6.46. The smallest absolute Gasteiger partial charge is 0.234 e. The number of thioether (sulfide) groups is 1. The molecule has 0 aromatic heterocycles. The van der Waals surface area contributed by atoms with E-state index in [1.807, 2.05) is 12.1 Å². The van der Waals surface area contributed by atoms with Gasteiger partial charge in [-0.3, -0.25) is 4.79 Å². The Morgan fingerprint density at radius 2 is 2.17 bits per heavy atom. The molecule has 3 rings (SSSR count). The van der Waals surface area contributed by atoms with E-state index in [0.29, 0.717) is 17.7 Å². The Balaban J connectivity index is 1.81. The topological polar surface area (TPSA) is 81.1 Å². The van der Waals surface area contributed by atoms with Crippen molar-refractivity contribution >= 4 is 23.4 Å². The van der Waals surface area contributed by atoms with E-state index < -0.39 is 0 Å². The van der Waals surface area contributed by atoms with Gasteiger partial charge in [-0.25, -0.2) is 0 Å².